The van der Waals surface area contributed by atoms with Gasteiger partial charge < -0.3 is 11.1 Å². The average Bonchev–Trinajstić information content (AvgIpc) is 2.39. The molecule has 1 aliphatic carbocycles. The van der Waals surface area contributed by atoms with Crippen molar-refractivity contribution in [2.24, 2.45) is 11.7 Å². The fourth-order valence-electron chi connectivity index (χ4n) is 2.51. The number of amides is 1. The van der Waals surface area contributed by atoms with Crippen LogP contribution < -0.4 is 11.1 Å². The third-order valence-corrected chi connectivity index (χ3v) is 3.63. The van der Waals surface area contributed by atoms with Gasteiger partial charge in [0.2, 0.25) is 5.91 Å². The molecule has 0 bridgehead atoms. The molecule has 2 rings (SSSR count). The van der Waals surface area contributed by atoms with Gasteiger partial charge in [0.1, 0.15) is 0 Å². The highest BCUT2D eigenvalue weighted by Crippen LogP contribution is 2.24. The van der Waals surface area contributed by atoms with Crippen LogP contribution in [0.25, 0.3) is 0 Å². The molecule has 0 saturated heterocycles. The number of rotatable bonds is 3. The van der Waals surface area contributed by atoms with E-state index >= 15 is 0 Å². The van der Waals surface area contributed by atoms with E-state index in [1.54, 1.807) is 12.4 Å². The summed E-state index contributed by atoms with van der Waals surface area (Å²) >= 11 is 0. The Bertz CT molecular complexity index is 393. The summed E-state index contributed by atoms with van der Waals surface area (Å²) in [4.78, 5) is 16.2. The largest absolute Gasteiger partial charge is 0.349 e. The van der Waals surface area contributed by atoms with Crippen molar-refractivity contribution in [3.8, 4) is 0 Å². The van der Waals surface area contributed by atoms with Gasteiger partial charge in [0.25, 0.3) is 0 Å². The molecule has 98 valence electrons. The molecule has 2 unspecified atom stereocenters. The standard InChI is InChI=1S/C14H21N3O/c1-10(12-5-3-7-16-9-12)17-14(18)11-4-2-6-13(15)8-11/h3,5,7,9-11,13H,2,4,6,8,15H2,1H3,(H,17,18)/t10-,11?,13?/m1/s1. The highest BCUT2D eigenvalue weighted by molar-refractivity contribution is 5.79. The fourth-order valence-corrected chi connectivity index (χ4v) is 2.51. The zero-order chi connectivity index (χ0) is 13.0. The molecule has 0 aliphatic heterocycles. The van der Waals surface area contributed by atoms with Crippen molar-refractivity contribution in [3.63, 3.8) is 0 Å². The number of hydrogen-bond donors (Lipinski definition) is 2. The molecule has 0 radical (unpaired) electrons. The minimum Gasteiger partial charge on any atom is -0.349 e. The molecule has 1 aromatic rings. The van der Waals surface area contributed by atoms with Crippen LogP contribution in [0.5, 0.6) is 0 Å². The van der Waals surface area contributed by atoms with Crippen LogP contribution in [0.3, 0.4) is 0 Å². The van der Waals surface area contributed by atoms with E-state index < -0.39 is 0 Å². The predicted octanol–water partition coefficient (Wildman–Crippen LogP) is 1.78. The Hall–Kier alpha value is -1.42. The predicted molar refractivity (Wildman–Crippen MR) is 70.7 cm³/mol. The summed E-state index contributed by atoms with van der Waals surface area (Å²) in [6.45, 7) is 1.98. The molecular weight excluding hydrogens is 226 g/mol. The smallest absolute Gasteiger partial charge is 0.223 e. The van der Waals surface area contributed by atoms with Crippen LogP contribution in [-0.2, 0) is 4.79 Å². The van der Waals surface area contributed by atoms with Gasteiger partial charge in [-0.2, -0.15) is 0 Å². The Labute approximate surface area is 108 Å². The Kier molecular flexibility index (Phi) is 4.31. The Balaban J connectivity index is 1.91. The number of nitrogens with two attached hydrogens (primary N) is 1. The summed E-state index contributed by atoms with van der Waals surface area (Å²) in [5.74, 6) is 0.203. The summed E-state index contributed by atoms with van der Waals surface area (Å²) in [6, 6.07) is 4.05. The molecule has 4 heteroatoms. The highest BCUT2D eigenvalue weighted by atomic mass is 16.1. The van der Waals surface area contributed by atoms with Crippen LogP contribution in [0.15, 0.2) is 24.5 Å². The molecule has 1 aliphatic rings. The number of carbonyl (C=O) groups excluding carboxylic acids is 1. The lowest BCUT2D eigenvalue weighted by molar-refractivity contribution is -0.126. The Morgan fingerprint density at radius 3 is 3.06 bits per heavy atom. The van der Waals surface area contributed by atoms with Gasteiger partial charge in [-0.05, 0) is 37.8 Å². The number of nitrogens with one attached hydrogen (secondary N) is 1. The number of hydrogen-bond acceptors (Lipinski definition) is 3. The van der Waals surface area contributed by atoms with Gasteiger partial charge in [-0.15, -0.1) is 0 Å². The quantitative estimate of drug-likeness (QED) is 0.855. The Morgan fingerprint density at radius 1 is 1.56 bits per heavy atom. The van der Waals surface area contributed by atoms with E-state index in [0.29, 0.717) is 0 Å². The second kappa shape index (κ2) is 5.96. The topological polar surface area (TPSA) is 68.0 Å². The van der Waals surface area contributed by atoms with Gasteiger partial charge >= 0.3 is 0 Å². The second-order valence-corrected chi connectivity index (χ2v) is 5.14. The molecule has 3 N–H and O–H groups in total. The minimum absolute atomic E-state index is 0.00403. The third kappa shape index (κ3) is 3.29. The molecule has 4 nitrogen and oxygen atoms in total. The number of carbonyl (C=O) groups is 1. The van der Waals surface area contributed by atoms with Crippen LogP contribution in [0.1, 0.15) is 44.2 Å². The lowest BCUT2D eigenvalue weighted by atomic mass is 9.85. The van der Waals surface area contributed by atoms with Crippen LogP contribution in [0, 0.1) is 5.92 Å². The summed E-state index contributed by atoms with van der Waals surface area (Å²) in [5, 5.41) is 3.05. The first-order chi connectivity index (χ1) is 8.66. The molecule has 1 saturated carbocycles. The van der Waals surface area contributed by atoms with E-state index in [1.807, 2.05) is 19.1 Å². The summed E-state index contributed by atoms with van der Waals surface area (Å²) in [6.07, 6.45) is 7.39. The maximum atomic E-state index is 12.1. The van der Waals surface area contributed by atoms with Crippen LogP contribution >= 0.6 is 0 Å². The maximum Gasteiger partial charge on any atom is 0.223 e. The summed E-state index contributed by atoms with van der Waals surface area (Å²) in [7, 11) is 0. The molecule has 18 heavy (non-hydrogen) atoms. The van der Waals surface area contributed by atoms with E-state index in [0.717, 1.165) is 31.2 Å². The van der Waals surface area contributed by atoms with E-state index in [2.05, 4.69) is 10.3 Å². The van der Waals surface area contributed by atoms with Crippen LogP contribution in [-0.4, -0.2) is 16.9 Å². The molecule has 0 spiro atoms. The van der Waals surface area contributed by atoms with Crippen LogP contribution in [0.2, 0.25) is 0 Å². The maximum absolute atomic E-state index is 12.1. The normalized spacial score (nSPS) is 25.4. The zero-order valence-corrected chi connectivity index (χ0v) is 10.8. The monoisotopic (exact) mass is 247 g/mol. The van der Waals surface area contributed by atoms with Crippen molar-refractivity contribution in [3.05, 3.63) is 30.1 Å². The molecule has 1 heterocycles. The third-order valence-electron chi connectivity index (χ3n) is 3.63. The average molecular weight is 247 g/mol. The number of pyridine rings is 1. The molecule has 1 aromatic heterocycles. The van der Waals surface area contributed by atoms with Crippen molar-refractivity contribution in [1.29, 1.82) is 0 Å². The van der Waals surface area contributed by atoms with Crippen molar-refractivity contribution < 1.29 is 4.79 Å². The lowest BCUT2D eigenvalue weighted by Gasteiger charge is -2.27. The van der Waals surface area contributed by atoms with Crippen molar-refractivity contribution in [2.75, 3.05) is 0 Å². The first kappa shape index (κ1) is 13.0. The number of nitrogens with zero attached hydrogens (tertiary/aromatic N) is 1. The van der Waals surface area contributed by atoms with Gasteiger partial charge in [-0.25, -0.2) is 0 Å². The first-order valence-corrected chi connectivity index (χ1v) is 6.62. The van der Waals surface area contributed by atoms with E-state index in [9.17, 15) is 4.79 Å². The molecule has 0 aromatic carbocycles. The summed E-state index contributed by atoms with van der Waals surface area (Å²) < 4.78 is 0. The lowest BCUT2D eigenvalue weighted by Crippen LogP contribution is -2.38. The molecule has 1 fully saturated rings. The van der Waals surface area contributed by atoms with Gasteiger partial charge in [0.05, 0.1) is 6.04 Å². The first-order valence-electron chi connectivity index (χ1n) is 6.62. The van der Waals surface area contributed by atoms with E-state index in [1.165, 1.54) is 0 Å². The van der Waals surface area contributed by atoms with Crippen molar-refractivity contribution in [1.82, 2.24) is 10.3 Å². The Morgan fingerprint density at radius 2 is 2.39 bits per heavy atom. The minimum atomic E-state index is 0.00403. The second-order valence-electron chi connectivity index (χ2n) is 5.14. The van der Waals surface area contributed by atoms with Gasteiger partial charge in [-0.3, -0.25) is 9.78 Å². The molecule has 1 amide bonds. The molecule has 3 atom stereocenters. The molecular formula is C14H21N3O. The van der Waals surface area contributed by atoms with Crippen LogP contribution in [0.4, 0.5) is 0 Å². The van der Waals surface area contributed by atoms with E-state index in [-0.39, 0.29) is 23.9 Å². The number of aromatic nitrogens is 1. The van der Waals surface area contributed by atoms with Crippen molar-refractivity contribution in [2.45, 2.75) is 44.7 Å². The van der Waals surface area contributed by atoms with Gasteiger partial charge in [-0.1, -0.05) is 12.5 Å². The van der Waals surface area contributed by atoms with Gasteiger partial charge in [0, 0.05) is 24.4 Å². The van der Waals surface area contributed by atoms with Gasteiger partial charge in [0.15, 0.2) is 0 Å². The zero-order valence-electron chi connectivity index (χ0n) is 10.8. The van der Waals surface area contributed by atoms with Crippen molar-refractivity contribution >= 4 is 5.91 Å². The highest BCUT2D eigenvalue weighted by Gasteiger charge is 2.26. The summed E-state index contributed by atoms with van der Waals surface area (Å²) in [5.41, 5.74) is 6.95. The van der Waals surface area contributed by atoms with E-state index in [4.69, 9.17) is 5.73 Å². The SMILES string of the molecule is C[C@@H](NC(=O)C1CCCC(N)C1)c1cccnc1. The fraction of sp³-hybridized carbons (Fsp3) is 0.571.